The highest BCUT2D eigenvalue weighted by molar-refractivity contribution is 7.99. The molecule has 0 saturated carbocycles. The third kappa shape index (κ3) is 5.42. The molecular formula is C21H25N5O2S. The van der Waals surface area contributed by atoms with Gasteiger partial charge in [0.15, 0.2) is 11.0 Å². The number of pyridine rings is 1. The molecule has 3 aromatic rings. The van der Waals surface area contributed by atoms with Crippen molar-refractivity contribution < 1.29 is 9.84 Å². The van der Waals surface area contributed by atoms with Crippen molar-refractivity contribution >= 4 is 11.8 Å². The van der Waals surface area contributed by atoms with Crippen molar-refractivity contribution in [2.24, 2.45) is 0 Å². The fourth-order valence-corrected chi connectivity index (χ4v) is 4.17. The van der Waals surface area contributed by atoms with Crippen molar-refractivity contribution in [3.63, 3.8) is 0 Å². The van der Waals surface area contributed by atoms with E-state index in [1.807, 2.05) is 30.3 Å². The molecule has 0 bridgehead atoms. The first-order valence-electron chi connectivity index (χ1n) is 9.78. The summed E-state index contributed by atoms with van der Waals surface area (Å²) in [7, 11) is 0. The number of hydrogen-bond acceptors (Lipinski definition) is 7. The summed E-state index contributed by atoms with van der Waals surface area (Å²) < 4.78 is 7.47. The van der Waals surface area contributed by atoms with Gasteiger partial charge in [0.05, 0.1) is 25.9 Å². The van der Waals surface area contributed by atoms with E-state index in [0.29, 0.717) is 18.8 Å². The Hall–Kier alpha value is -2.26. The van der Waals surface area contributed by atoms with Crippen LogP contribution in [0.4, 0.5) is 0 Å². The Morgan fingerprint density at radius 2 is 1.90 bits per heavy atom. The molecule has 1 atom stereocenters. The summed E-state index contributed by atoms with van der Waals surface area (Å²) >= 11 is 1.54. The molecule has 2 aromatic heterocycles. The van der Waals surface area contributed by atoms with Gasteiger partial charge >= 0.3 is 0 Å². The van der Waals surface area contributed by atoms with Crippen LogP contribution in [0.25, 0.3) is 11.4 Å². The molecule has 1 N–H and O–H groups in total. The van der Waals surface area contributed by atoms with E-state index in [1.165, 1.54) is 17.3 Å². The molecule has 0 spiro atoms. The van der Waals surface area contributed by atoms with Crippen LogP contribution in [-0.2, 0) is 11.3 Å². The van der Waals surface area contributed by atoms with Gasteiger partial charge < -0.3 is 9.84 Å². The first kappa shape index (κ1) is 20.0. The highest BCUT2D eigenvalue weighted by atomic mass is 32.2. The number of aliphatic hydroxyl groups is 1. The average Bonchev–Trinajstić information content (AvgIpc) is 3.17. The predicted molar refractivity (Wildman–Crippen MR) is 113 cm³/mol. The zero-order valence-electron chi connectivity index (χ0n) is 16.2. The number of aromatic nitrogens is 4. The van der Waals surface area contributed by atoms with Crippen LogP contribution in [0.15, 0.2) is 60.0 Å². The second kappa shape index (κ2) is 9.98. The molecule has 1 saturated heterocycles. The second-order valence-corrected chi connectivity index (χ2v) is 7.98. The van der Waals surface area contributed by atoms with Crippen molar-refractivity contribution in [3.05, 3.63) is 60.4 Å². The number of thioether (sulfide) groups is 1. The van der Waals surface area contributed by atoms with Crippen LogP contribution in [0.2, 0.25) is 0 Å². The van der Waals surface area contributed by atoms with Crippen LogP contribution in [0.3, 0.4) is 0 Å². The third-order valence-corrected chi connectivity index (χ3v) is 5.91. The van der Waals surface area contributed by atoms with Gasteiger partial charge in [0.25, 0.3) is 0 Å². The molecule has 1 aromatic carbocycles. The predicted octanol–water partition coefficient (Wildman–Crippen LogP) is 2.17. The largest absolute Gasteiger partial charge is 0.391 e. The van der Waals surface area contributed by atoms with Crippen LogP contribution in [0.5, 0.6) is 0 Å². The third-order valence-electron chi connectivity index (χ3n) is 4.80. The van der Waals surface area contributed by atoms with E-state index >= 15 is 0 Å². The van der Waals surface area contributed by atoms with Gasteiger partial charge in [-0.3, -0.25) is 14.5 Å². The van der Waals surface area contributed by atoms with Gasteiger partial charge in [0.1, 0.15) is 0 Å². The van der Waals surface area contributed by atoms with E-state index in [2.05, 4.69) is 36.8 Å². The molecule has 1 aliphatic rings. The molecule has 152 valence electrons. The van der Waals surface area contributed by atoms with Crippen molar-refractivity contribution in [2.75, 3.05) is 38.6 Å². The van der Waals surface area contributed by atoms with Gasteiger partial charge in [-0.2, -0.15) is 0 Å². The Labute approximate surface area is 174 Å². The molecule has 0 unspecified atom stereocenters. The topological polar surface area (TPSA) is 76.3 Å². The molecule has 1 fully saturated rings. The SMILES string of the molecule is O[C@H](CSc1nnc(-c2cccnc2)n1Cc1ccccc1)CN1CCOCC1. The van der Waals surface area contributed by atoms with E-state index < -0.39 is 6.10 Å². The maximum Gasteiger partial charge on any atom is 0.191 e. The number of aliphatic hydroxyl groups excluding tert-OH is 1. The van der Waals surface area contributed by atoms with Gasteiger partial charge in [-0.1, -0.05) is 42.1 Å². The first-order valence-corrected chi connectivity index (χ1v) is 10.8. The quantitative estimate of drug-likeness (QED) is 0.569. The van der Waals surface area contributed by atoms with Gasteiger partial charge in [-0.15, -0.1) is 10.2 Å². The summed E-state index contributed by atoms with van der Waals surface area (Å²) in [5, 5.41) is 20.1. The highest BCUT2D eigenvalue weighted by Gasteiger charge is 2.19. The Balaban J connectivity index is 1.49. The van der Waals surface area contributed by atoms with E-state index in [4.69, 9.17) is 4.74 Å². The lowest BCUT2D eigenvalue weighted by molar-refractivity contribution is 0.0188. The normalized spacial score (nSPS) is 16.0. The van der Waals surface area contributed by atoms with Crippen LogP contribution in [0.1, 0.15) is 5.56 Å². The molecule has 4 rings (SSSR count). The fraction of sp³-hybridized carbons (Fsp3) is 0.381. The first-order chi connectivity index (χ1) is 14.3. The minimum Gasteiger partial charge on any atom is -0.391 e. The fourth-order valence-electron chi connectivity index (χ4n) is 3.32. The standard InChI is InChI=1S/C21H25N5O2S/c27-19(15-25-9-11-28-12-10-25)16-29-21-24-23-20(18-7-4-8-22-13-18)26(21)14-17-5-2-1-3-6-17/h1-8,13,19,27H,9-12,14-16H2/t19-/m0/s1. The summed E-state index contributed by atoms with van der Waals surface area (Å²) in [6.07, 6.45) is 3.12. The maximum absolute atomic E-state index is 10.5. The maximum atomic E-state index is 10.5. The number of rotatable bonds is 8. The lowest BCUT2D eigenvalue weighted by Crippen LogP contribution is -2.41. The molecule has 0 amide bonds. The van der Waals surface area contributed by atoms with Crippen molar-refractivity contribution in [3.8, 4) is 11.4 Å². The number of benzene rings is 1. The molecule has 0 aliphatic carbocycles. The van der Waals surface area contributed by atoms with Crippen molar-refractivity contribution in [1.82, 2.24) is 24.6 Å². The van der Waals surface area contributed by atoms with Gasteiger partial charge in [0, 0.05) is 43.3 Å². The van der Waals surface area contributed by atoms with Crippen molar-refractivity contribution in [1.29, 1.82) is 0 Å². The number of hydrogen-bond donors (Lipinski definition) is 1. The van der Waals surface area contributed by atoms with E-state index in [-0.39, 0.29) is 0 Å². The Kier molecular flexibility index (Phi) is 6.89. The summed E-state index contributed by atoms with van der Waals surface area (Å²) in [6, 6.07) is 14.1. The molecular weight excluding hydrogens is 386 g/mol. The number of morpholine rings is 1. The zero-order chi connectivity index (χ0) is 19.9. The lowest BCUT2D eigenvalue weighted by Gasteiger charge is -2.28. The molecule has 1 aliphatic heterocycles. The van der Waals surface area contributed by atoms with E-state index in [1.54, 1.807) is 12.4 Å². The molecule has 7 nitrogen and oxygen atoms in total. The average molecular weight is 412 g/mol. The zero-order valence-corrected chi connectivity index (χ0v) is 17.0. The van der Waals surface area contributed by atoms with E-state index in [0.717, 1.165) is 42.8 Å². The minimum atomic E-state index is -0.429. The second-order valence-electron chi connectivity index (χ2n) is 7.00. The van der Waals surface area contributed by atoms with Gasteiger partial charge in [-0.05, 0) is 17.7 Å². The molecule has 8 heteroatoms. The van der Waals surface area contributed by atoms with Gasteiger partial charge in [-0.25, -0.2) is 0 Å². The van der Waals surface area contributed by atoms with Crippen LogP contribution < -0.4 is 0 Å². The molecule has 3 heterocycles. The summed E-state index contributed by atoms with van der Waals surface area (Å²) in [5.41, 5.74) is 2.10. The molecule has 0 radical (unpaired) electrons. The summed E-state index contributed by atoms with van der Waals surface area (Å²) in [5.74, 6) is 1.35. The van der Waals surface area contributed by atoms with Crippen LogP contribution in [-0.4, -0.2) is 74.5 Å². The minimum absolute atomic E-state index is 0.429. The van der Waals surface area contributed by atoms with Gasteiger partial charge in [0.2, 0.25) is 0 Å². The van der Waals surface area contributed by atoms with E-state index in [9.17, 15) is 5.11 Å². The monoisotopic (exact) mass is 411 g/mol. The lowest BCUT2D eigenvalue weighted by atomic mass is 10.2. The number of nitrogens with zero attached hydrogens (tertiary/aromatic N) is 5. The summed E-state index contributed by atoms with van der Waals surface area (Å²) in [4.78, 5) is 6.45. The van der Waals surface area contributed by atoms with Crippen LogP contribution >= 0.6 is 11.8 Å². The smallest absolute Gasteiger partial charge is 0.191 e. The van der Waals surface area contributed by atoms with Crippen LogP contribution in [0, 0.1) is 0 Å². The Morgan fingerprint density at radius 3 is 2.66 bits per heavy atom. The number of β-amino-alcohol motifs (C(OH)–C–C–N with tert-alkyl or cyclic N) is 1. The number of ether oxygens (including phenoxy) is 1. The molecule has 29 heavy (non-hydrogen) atoms. The van der Waals surface area contributed by atoms with Crippen molar-refractivity contribution in [2.45, 2.75) is 17.8 Å². The highest BCUT2D eigenvalue weighted by Crippen LogP contribution is 2.25. The summed E-state index contributed by atoms with van der Waals surface area (Å²) in [6.45, 7) is 4.53. The Morgan fingerprint density at radius 1 is 1.07 bits per heavy atom. The Bertz CT molecular complexity index is 885.